The second-order valence-electron chi connectivity index (χ2n) is 6.69. The molecule has 1 aromatic carbocycles. The van der Waals surface area contributed by atoms with Gasteiger partial charge in [0.15, 0.2) is 0 Å². The van der Waals surface area contributed by atoms with Crippen LogP contribution in [0.15, 0.2) is 24.3 Å². The zero-order valence-corrected chi connectivity index (χ0v) is 14.8. The highest BCUT2D eigenvalue weighted by Gasteiger charge is 2.20. The highest BCUT2D eigenvalue weighted by atomic mass is 16.5. The fourth-order valence-electron chi connectivity index (χ4n) is 1.87. The van der Waals surface area contributed by atoms with Gasteiger partial charge in [-0.2, -0.15) is 0 Å². The Morgan fingerprint density at radius 1 is 1.22 bits per heavy atom. The lowest BCUT2D eigenvalue weighted by molar-refractivity contribution is -0.131. The van der Waals surface area contributed by atoms with Gasteiger partial charge < -0.3 is 15.0 Å². The maximum absolute atomic E-state index is 12.0. The third kappa shape index (κ3) is 6.72. The minimum Gasteiger partial charge on any atom is -0.491 e. The molecule has 0 saturated heterocycles. The van der Waals surface area contributed by atoms with E-state index in [2.05, 4.69) is 5.32 Å². The predicted molar refractivity (Wildman–Crippen MR) is 91.4 cm³/mol. The standard InChI is InChI=1S/C18H28N2O3/c1-14-8-6-7-9-15(14)23-13-12-20(5)16(21)10-11-19-17(22)18(2,3)4/h6-9H,10-13H2,1-5H3,(H,19,22). The third-order valence-electron chi connectivity index (χ3n) is 3.51. The summed E-state index contributed by atoms with van der Waals surface area (Å²) in [5.74, 6) is 0.786. The number of hydrogen-bond acceptors (Lipinski definition) is 3. The van der Waals surface area contributed by atoms with Crippen molar-refractivity contribution in [3.05, 3.63) is 29.8 Å². The van der Waals surface area contributed by atoms with E-state index in [9.17, 15) is 9.59 Å². The maximum atomic E-state index is 12.0. The van der Waals surface area contributed by atoms with Crippen molar-refractivity contribution in [1.82, 2.24) is 10.2 Å². The van der Waals surface area contributed by atoms with Gasteiger partial charge in [-0.25, -0.2) is 0 Å². The molecule has 1 rings (SSSR count). The average Bonchev–Trinajstić information content (AvgIpc) is 2.47. The van der Waals surface area contributed by atoms with Crippen molar-refractivity contribution in [2.45, 2.75) is 34.1 Å². The van der Waals surface area contributed by atoms with Crippen molar-refractivity contribution in [2.75, 3.05) is 26.7 Å². The molecule has 0 fully saturated rings. The molecule has 5 nitrogen and oxygen atoms in total. The molecule has 0 spiro atoms. The largest absolute Gasteiger partial charge is 0.491 e. The van der Waals surface area contributed by atoms with E-state index in [4.69, 9.17) is 4.74 Å². The van der Waals surface area contributed by atoms with Gasteiger partial charge in [0.2, 0.25) is 11.8 Å². The Hall–Kier alpha value is -2.04. The number of carbonyl (C=O) groups is 2. The zero-order valence-electron chi connectivity index (χ0n) is 14.8. The summed E-state index contributed by atoms with van der Waals surface area (Å²) in [7, 11) is 1.75. The smallest absolute Gasteiger partial charge is 0.225 e. The molecule has 0 aliphatic rings. The van der Waals surface area contributed by atoms with Crippen LogP contribution < -0.4 is 10.1 Å². The van der Waals surface area contributed by atoms with Crippen molar-refractivity contribution in [2.24, 2.45) is 5.41 Å². The number of carbonyl (C=O) groups excluding carboxylic acids is 2. The van der Waals surface area contributed by atoms with Crippen molar-refractivity contribution >= 4 is 11.8 Å². The first-order chi connectivity index (χ1) is 10.7. The van der Waals surface area contributed by atoms with E-state index in [1.165, 1.54) is 0 Å². The molecule has 2 amide bonds. The van der Waals surface area contributed by atoms with Crippen molar-refractivity contribution in [1.29, 1.82) is 0 Å². The Morgan fingerprint density at radius 3 is 2.48 bits per heavy atom. The Morgan fingerprint density at radius 2 is 1.87 bits per heavy atom. The van der Waals surface area contributed by atoms with E-state index in [1.807, 2.05) is 52.0 Å². The molecule has 0 aromatic heterocycles. The monoisotopic (exact) mass is 320 g/mol. The van der Waals surface area contributed by atoms with Gasteiger partial charge in [-0.3, -0.25) is 9.59 Å². The normalized spacial score (nSPS) is 11.0. The van der Waals surface area contributed by atoms with Crippen LogP contribution in [-0.2, 0) is 9.59 Å². The van der Waals surface area contributed by atoms with Gasteiger partial charge in [0.25, 0.3) is 0 Å². The average molecular weight is 320 g/mol. The molecular formula is C18H28N2O3. The predicted octanol–water partition coefficient (Wildman–Crippen LogP) is 2.38. The SMILES string of the molecule is Cc1ccccc1OCCN(C)C(=O)CCNC(=O)C(C)(C)C. The Balaban J connectivity index is 2.27. The number of ether oxygens (including phenoxy) is 1. The van der Waals surface area contributed by atoms with E-state index in [-0.39, 0.29) is 11.8 Å². The number of para-hydroxylation sites is 1. The first-order valence-corrected chi connectivity index (χ1v) is 7.92. The fraction of sp³-hybridized carbons (Fsp3) is 0.556. The number of nitrogens with zero attached hydrogens (tertiary/aromatic N) is 1. The molecule has 0 heterocycles. The number of aryl methyl sites for hydroxylation is 1. The molecule has 1 N–H and O–H groups in total. The van der Waals surface area contributed by atoms with Gasteiger partial charge in [-0.15, -0.1) is 0 Å². The van der Waals surface area contributed by atoms with E-state index in [1.54, 1.807) is 11.9 Å². The summed E-state index contributed by atoms with van der Waals surface area (Å²) in [5.41, 5.74) is 0.641. The van der Waals surface area contributed by atoms with E-state index < -0.39 is 5.41 Å². The molecule has 0 saturated carbocycles. The summed E-state index contributed by atoms with van der Waals surface area (Å²) < 4.78 is 5.68. The van der Waals surface area contributed by atoms with E-state index in [0.717, 1.165) is 11.3 Å². The zero-order chi connectivity index (χ0) is 17.5. The molecule has 0 radical (unpaired) electrons. The maximum Gasteiger partial charge on any atom is 0.225 e. The molecular weight excluding hydrogens is 292 g/mol. The van der Waals surface area contributed by atoms with Crippen LogP contribution in [0.4, 0.5) is 0 Å². The molecule has 23 heavy (non-hydrogen) atoms. The third-order valence-corrected chi connectivity index (χ3v) is 3.51. The number of amides is 2. The van der Waals surface area contributed by atoms with E-state index >= 15 is 0 Å². The summed E-state index contributed by atoms with van der Waals surface area (Å²) >= 11 is 0. The Bertz CT molecular complexity index is 535. The number of nitrogens with one attached hydrogen (secondary N) is 1. The Labute approximate surface area is 139 Å². The Kier molecular flexibility index (Phi) is 7.07. The summed E-state index contributed by atoms with van der Waals surface area (Å²) in [6, 6.07) is 7.79. The van der Waals surface area contributed by atoms with Gasteiger partial charge in [0, 0.05) is 25.4 Å². The topological polar surface area (TPSA) is 58.6 Å². The van der Waals surface area contributed by atoms with Gasteiger partial charge in [-0.05, 0) is 18.6 Å². The molecule has 0 unspecified atom stereocenters. The molecule has 0 atom stereocenters. The first-order valence-electron chi connectivity index (χ1n) is 7.92. The van der Waals surface area contributed by atoms with Gasteiger partial charge >= 0.3 is 0 Å². The highest BCUT2D eigenvalue weighted by molar-refractivity contribution is 5.82. The molecule has 128 valence electrons. The van der Waals surface area contributed by atoms with Crippen molar-refractivity contribution < 1.29 is 14.3 Å². The highest BCUT2D eigenvalue weighted by Crippen LogP contribution is 2.16. The molecule has 0 aliphatic heterocycles. The van der Waals surface area contributed by atoms with Crippen LogP contribution in [0.5, 0.6) is 5.75 Å². The number of rotatable bonds is 7. The van der Waals surface area contributed by atoms with Gasteiger partial charge in [-0.1, -0.05) is 39.0 Å². The summed E-state index contributed by atoms with van der Waals surface area (Å²) in [6.07, 6.45) is 0.294. The van der Waals surface area contributed by atoms with E-state index in [0.29, 0.717) is 26.1 Å². The van der Waals surface area contributed by atoms with Crippen LogP contribution in [0, 0.1) is 12.3 Å². The molecule has 1 aromatic rings. The number of likely N-dealkylation sites (N-methyl/N-ethyl adjacent to an activating group) is 1. The van der Waals surface area contributed by atoms with Gasteiger partial charge in [0.1, 0.15) is 12.4 Å². The molecule has 5 heteroatoms. The molecule has 0 aliphatic carbocycles. The lowest BCUT2D eigenvalue weighted by Crippen LogP contribution is -2.38. The van der Waals surface area contributed by atoms with Crippen molar-refractivity contribution in [3.63, 3.8) is 0 Å². The van der Waals surface area contributed by atoms with Crippen LogP contribution in [0.25, 0.3) is 0 Å². The summed E-state index contributed by atoms with van der Waals surface area (Å²) in [4.78, 5) is 25.3. The lowest BCUT2D eigenvalue weighted by Gasteiger charge is -2.20. The van der Waals surface area contributed by atoms with Crippen LogP contribution in [0.3, 0.4) is 0 Å². The van der Waals surface area contributed by atoms with Crippen LogP contribution in [0.1, 0.15) is 32.8 Å². The van der Waals surface area contributed by atoms with Gasteiger partial charge in [0.05, 0.1) is 6.54 Å². The second kappa shape index (κ2) is 8.56. The van der Waals surface area contributed by atoms with Crippen molar-refractivity contribution in [3.8, 4) is 5.75 Å². The quantitative estimate of drug-likeness (QED) is 0.839. The molecule has 0 bridgehead atoms. The van der Waals surface area contributed by atoms with Crippen LogP contribution in [0.2, 0.25) is 0 Å². The summed E-state index contributed by atoms with van der Waals surface area (Å²) in [6.45, 7) is 8.85. The second-order valence-corrected chi connectivity index (χ2v) is 6.69. The number of hydrogen-bond donors (Lipinski definition) is 1. The summed E-state index contributed by atoms with van der Waals surface area (Å²) in [5, 5.41) is 2.78. The lowest BCUT2D eigenvalue weighted by atomic mass is 9.96. The minimum atomic E-state index is -0.434. The first kappa shape index (κ1) is 19.0. The van der Waals surface area contributed by atoms with Crippen LogP contribution in [-0.4, -0.2) is 43.5 Å². The minimum absolute atomic E-state index is 0.00686. The number of benzene rings is 1. The van der Waals surface area contributed by atoms with Crippen LogP contribution >= 0.6 is 0 Å². The fourth-order valence-corrected chi connectivity index (χ4v) is 1.87.